The summed E-state index contributed by atoms with van der Waals surface area (Å²) in [6, 6.07) is 16.2. The molecule has 1 unspecified atom stereocenters. The van der Waals surface area contributed by atoms with E-state index in [9.17, 15) is 0 Å². The summed E-state index contributed by atoms with van der Waals surface area (Å²) in [5.74, 6) is 0. The number of hydrogen-bond donors (Lipinski definition) is 2. The Morgan fingerprint density at radius 2 is 1.90 bits per heavy atom. The van der Waals surface area contributed by atoms with E-state index < -0.39 is 0 Å². The molecule has 2 aromatic carbocycles. The quantitative estimate of drug-likeness (QED) is 0.741. The second-order valence-corrected chi connectivity index (χ2v) is 5.89. The van der Waals surface area contributed by atoms with E-state index in [1.165, 1.54) is 40.8 Å². The molecule has 2 heteroatoms. The maximum absolute atomic E-state index is 3.67. The SMILES string of the molecule is c1ccc2c(c1)Cc1cc(NC3CCCNC3)ccc1-2. The molecule has 1 atom stereocenters. The molecule has 1 aliphatic carbocycles. The third kappa shape index (κ3) is 2.10. The van der Waals surface area contributed by atoms with E-state index in [4.69, 9.17) is 0 Å². The van der Waals surface area contributed by atoms with Crippen LogP contribution in [0.5, 0.6) is 0 Å². The molecule has 2 N–H and O–H groups in total. The van der Waals surface area contributed by atoms with Crippen LogP contribution >= 0.6 is 0 Å². The van der Waals surface area contributed by atoms with Gasteiger partial charge in [-0.2, -0.15) is 0 Å². The summed E-state index contributed by atoms with van der Waals surface area (Å²) in [5.41, 5.74) is 7.01. The molecule has 1 saturated heterocycles. The predicted octanol–water partition coefficient (Wildman–Crippen LogP) is 3.42. The van der Waals surface area contributed by atoms with Gasteiger partial charge in [-0.05, 0) is 60.2 Å². The van der Waals surface area contributed by atoms with Crippen molar-refractivity contribution in [3.05, 3.63) is 53.6 Å². The van der Waals surface area contributed by atoms with Gasteiger partial charge in [-0.25, -0.2) is 0 Å². The molecule has 1 heterocycles. The van der Waals surface area contributed by atoms with Crippen LogP contribution in [0.25, 0.3) is 11.1 Å². The van der Waals surface area contributed by atoms with E-state index in [-0.39, 0.29) is 0 Å². The zero-order valence-electron chi connectivity index (χ0n) is 11.7. The van der Waals surface area contributed by atoms with Crippen molar-refractivity contribution in [1.82, 2.24) is 5.32 Å². The van der Waals surface area contributed by atoms with Crippen LogP contribution in [0.1, 0.15) is 24.0 Å². The third-order valence-corrected chi connectivity index (χ3v) is 4.46. The first kappa shape index (κ1) is 12.0. The zero-order valence-corrected chi connectivity index (χ0v) is 11.7. The third-order valence-electron chi connectivity index (χ3n) is 4.46. The molecule has 102 valence electrons. The highest BCUT2D eigenvalue weighted by Crippen LogP contribution is 2.37. The number of benzene rings is 2. The lowest BCUT2D eigenvalue weighted by Gasteiger charge is -2.25. The van der Waals surface area contributed by atoms with Gasteiger partial charge in [0, 0.05) is 18.3 Å². The van der Waals surface area contributed by atoms with Crippen LogP contribution in [0.2, 0.25) is 0 Å². The van der Waals surface area contributed by atoms with Crippen LogP contribution in [0, 0.1) is 0 Å². The van der Waals surface area contributed by atoms with Crippen molar-refractivity contribution in [1.29, 1.82) is 0 Å². The summed E-state index contributed by atoms with van der Waals surface area (Å²) < 4.78 is 0. The van der Waals surface area contributed by atoms with Crippen LogP contribution in [-0.4, -0.2) is 19.1 Å². The van der Waals surface area contributed by atoms with Crippen LogP contribution in [0.4, 0.5) is 5.69 Å². The van der Waals surface area contributed by atoms with Gasteiger partial charge in [0.15, 0.2) is 0 Å². The van der Waals surface area contributed by atoms with Gasteiger partial charge in [0.25, 0.3) is 0 Å². The molecule has 1 aliphatic heterocycles. The van der Waals surface area contributed by atoms with E-state index in [1.807, 2.05) is 0 Å². The fourth-order valence-electron chi connectivity index (χ4n) is 3.45. The van der Waals surface area contributed by atoms with Gasteiger partial charge in [0.2, 0.25) is 0 Å². The molecule has 0 saturated carbocycles. The summed E-state index contributed by atoms with van der Waals surface area (Å²) >= 11 is 0. The molecule has 0 bridgehead atoms. The highest BCUT2D eigenvalue weighted by Gasteiger charge is 2.19. The number of fused-ring (bicyclic) bond motifs is 3. The van der Waals surface area contributed by atoms with Gasteiger partial charge < -0.3 is 10.6 Å². The standard InChI is InChI=1S/C18H20N2/c1-2-6-17-13(4-1)10-14-11-15(7-8-18(14)17)20-16-5-3-9-19-12-16/h1-2,4,6-8,11,16,19-20H,3,5,9-10,12H2. The van der Waals surface area contributed by atoms with Gasteiger partial charge in [0.1, 0.15) is 0 Å². The van der Waals surface area contributed by atoms with E-state index in [1.54, 1.807) is 0 Å². The van der Waals surface area contributed by atoms with E-state index >= 15 is 0 Å². The maximum atomic E-state index is 3.67. The summed E-state index contributed by atoms with van der Waals surface area (Å²) in [7, 11) is 0. The van der Waals surface area contributed by atoms with E-state index in [2.05, 4.69) is 53.1 Å². The summed E-state index contributed by atoms with van der Waals surface area (Å²) in [6.07, 6.45) is 3.61. The number of nitrogens with one attached hydrogen (secondary N) is 2. The minimum atomic E-state index is 0.575. The van der Waals surface area contributed by atoms with E-state index in [0.717, 1.165) is 19.5 Å². The monoisotopic (exact) mass is 264 g/mol. The Kier molecular flexibility index (Phi) is 2.96. The van der Waals surface area contributed by atoms with Gasteiger partial charge >= 0.3 is 0 Å². The van der Waals surface area contributed by atoms with Gasteiger partial charge in [-0.15, -0.1) is 0 Å². The van der Waals surface area contributed by atoms with Crippen LogP contribution in [-0.2, 0) is 6.42 Å². The van der Waals surface area contributed by atoms with Gasteiger partial charge in [-0.3, -0.25) is 0 Å². The molecule has 2 nitrogen and oxygen atoms in total. The molecule has 1 fully saturated rings. The lowest BCUT2D eigenvalue weighted by atomic mass is 10.0. The molecule has 20 heavy (non-hydrogen) atoms. The Balaban J connectivity index is 1.58. The van der Waals surface area contributed by atoms with Gasteiger partial charge in [0.05, 0.1) is 0 Å². The molecule has 0 spiro atoms. The predicted molar refractivity (Wildman–Crippen MR) is 84.2 cm³/mol. The Morgan fingerprint density at radius 3 is 2.80 bits per heavy atom. The average Bonchev–Trinajstić information content (AvgIpc) is 2.86. The van der Waals surface area contributed by atoms with Crippen molar-refractivity contribution in [3.63, 3.8) is 0 Å². The Labute approximate surface area is 120 Å². The number of piperidine rings is 1. The van der Waals surface area contributed by atoms with Crippen LogP contribution < -0.4 is 10.6 Å². The molecule has 2 aliphatic rings. The number of anilines is 1. The average molecular weight is 264 g/mol. The van der Waals surface area contributed by atoms with Crippen molar-refractivity contribution in [2.45, 2.75) is 25.3 Å². The topological polar surface area (TPSA) is 24.1 Å². The first-order chi connectivity index (χ1) is 9.90. The first-order valence-corrected chi connectivity index (χ1v) is 7.58. The summed E-state index contributed by atoms with van der Waals surface area (Å²) in [6.45, 7) is 2.25. The van der Waals surface area contributed by atoms with Crippen LogP contribution in [0.3, 0.4) is 0 Å². The lowest BCUT2D eigenvalue weighted by Crippen LogP contribution is -2.38. The van der Waals surface area contributed by atoms with Crippen molar-refractivity contribution in [2.75, 3.05) is 18.4 Å². The Hall–Kier alpha value is -1.80. The van der Waals surface area contributed by atoms with Crippen molar-refractivity contribution in [2.24, 2.45) is 0 Å². The molecular formula is C18H20N2. The minimum absolute atomic E-state index is 0.575. The molecule has 0 amide bonds. The molecule has 2 aromatic rings. The highest BCUT2D eigenvalue weighted by atomic mass is 15.0. The normalized spacial score (nSPS) is 20.3. The molecular weight excluding hydrogens is 244 g/mol. The van der Waals surface area contributed by atoms with E-state index in [0.29, 0.717) is 6.04 Å². The van der Waals surface area contributed by atoms with Gasteiger partial charge in [-0.1, -0.05) is 30.3 Å². The first-order valence-electron chi connectivity index (χ1n) is 7.58. The highest BCUT2D eigenvalue weighted by molar-refractivity contribution is 5.78. The fraction of sp³-hybridized carbons (Fsp3) is 0.333. The van der Waals surface area contributed by atoms with Crippen molar-refractivity contribution in [3.8, 4) is 11.1 Å². The van der Waals surface area contributed by atoms with Crippen molar-refractivity contribution >= 4 is 5.69 Å². The Bertz CT molecular complexity index is 627. The van der Waals surface area contributed by atoms with Crippen LogP contribution in [0.15, 0.2) is 42.5 Å². The largest absolute Gasteiger partial charge is 0.381 e. The van der Waals surface area contributed by atoms with Crippen molar-refractivity contribution < 1.29 is 0 Å². The number of rotatable bonds is 2. The maximum Gasteiger partial charge on any atom is 0.0386 e. The number of hydrogen-bond acceptors (Lipinski definition) is 2. The minimum Gasteiger partial charge on any atom is -0.381 e. The summed E-state index contributed by atoms with van der Waals surface area (Å²) in [5, 5.41) is 7.13. The second kappa shape index (κ2) is 4.95. The smallest absolute Gasteiger partial charge is 0.0386 e. The summed E-state index contributed by atoms with van der Waals surface area (Å²) in [4.78, 5) is 0. The second-order valence-electron chi connectivity index (χ2n) is 5.89. The fourth-order valence-corrected chi connectivity index (χ4v) is 3.45. The molecule has 0 aromatic heterocycles. The zero-order chi connectivity index (χ0) is 13.4. The molecule has 4 rings (SSSR count). The Morgan fingerprint density at radius 1 is 1.00 bits per heavy atom. The lowest BCUT2D eigenvalue weighted by molar-refractivity contribution is 0.480. The molecule has 0 radical (unpaired) electrons.